The van der Waals surface area contributed by atoms with Crippen LogP contribution in [0.3, 0.4) is 0 Å². The molecule has 1 saturated carbocycles. The number of hydrogen-bond donors (Lipinski definition) is 0. The first-order valence-electron chi connectivity index (χ1n) is 4.04. The van der Waals surface area contributed by atoms with E-state index in [0.717, 1.165) is 17.8 Å². The van der Waals surface area contributed by atoms with Crippen LogP contribution in [0.1, 0.15) is 26.7 Å². The van der Waals surface area contributed by atoms with Gasteiger partial charge in [-0.25, -0.2) is 0 Å². The molecule has 0 bridgehead atoms. The van der Waals surface area contributed by atoms with E-state index < -0.39 is 0 Å². The van der Waals surface area contributed by atoms with Gasteiger partial charge in [-0.3, -0.25) is 0 Å². The van der Waals surface area contributed by atoms with Gasteiger partial charge in [-0.2, -0.15) is 0 Å². The van der Waals surface area contributed by atoms with Gasteiger partial charge in [0.05, 0.1) is 0 Å². The molecule has 1 fully saturated rings. The Labute approximate surface area is 57.0 Å². The minimum Gasteiger partial charge on any atom is -0.0772 e. The third-order valence-electron chi connectivity index (χ3n) is 2.98. The van der Waals surface area contributed by atoms with Gasteiger partial charge in [-0.1, -0.05) is 31.9 Å². The van der Waals surface area contributed by atoms with Crippen LogP contribution in [0.15, 0.2) is 11.6 Å². The lowest BCUT2D eigenvalue weighted by atomic mass is 9.75. The van der Waals surface area contributed by atoms with Crippen molar-refractivity contribution in [3.05, 3.63) is 11.6 Å². The van der Waals surface area contributed by atoms with Gasteiger partial charge in [0.25, 0.3) is 0 Å². The van der Waals surface area contributed by atoms with Crippen LogP contribution in [0.4, 0.5) is 0 Å². The average molecular weight is 122 g/mol. The van der Waals surface area contributed by atoms with Crippen molar-refractivity contribution in [1.29, 1.82) is 0 Å². The van der Waals surface area contributed by atoms with E-state index in [4.69, 9.17) is 0 Å². The molecule has 0 aromatic heterocycles. The van der Waals surface area contributed by atoms with Crippen LogP contribution in [0.5, 0.6) is 0 Å². The second-order valence-corrected chi connectivity index (χ2v) is 3.50. The Morgan fingerprint density at radius 2 is 2.56 bits per heavy atom. The molecule has 2 rings (SSSR count). The average Bonchev–Trinajstić information content (AvgIpc) is 2.42. The van der Waals surface area contributed by atoms with Gasteiger partial charge < -0.3 is 0 Å². The molecule has 0 nitrogen and oxygen atoms in total. The fraction of sp³-hybridized carbons (Fsp3) is 0.778. The highest BCUT2D eigenvalue weighted by Crippen LogP contribution is 2.55. The monoisotopic (exact) mass is 122 g/mol. The van der Waals surface area contributed by atoms with Gasteiger partial charge in [0.15, 0.2) is 0 Å². The van der Waals surface area contributed by atoms with E-state index in [-0.39, 0.29) is 0 Å². The smallest absolute Gasteiger partial charge is 0.00114 e. The van der Waals surface area contributed by atoms with Gasteiger partial charge >= 0.3 is 0 Å². The van der Waals surface area contributed by atoms with E-state index in [1.165, 1.54) is 12.8 Å². The number of allylic oxidation sites excluding steroid dienone is 2. The highest BCUT2D eigenvalue weighted by Gasteiger charge is 2.44. The van der Waals surface area contributed by atoms with Crippen LogP contribution < -0.4 is 0 Å². The summed E-state index contributed by atoms with van der Waals surface area (Å²) >= 11 is 0. The maximum atomic E-state index is 2.44. The fourth-order valence-electron chi connectivity index (χ4n) is 1.88. The Hall–Kier alpha value is -0.260. The largest absolute Gasteiger partial charge is 0.0772 e. The zero-order chi connectivity index (χ0) is 6.43. The van der Waals surface area contributed by atoms with Crippen LogP contribution in [-0.4, -0.2) is 0 Å². The molecule has 3 atom stereocenters. The van der Waals surface area contributed by atoms with Crippen molar-refractivity contribution in [2.45, 2.75) is 26.7 Å². The van der Waals surface area contributed by atoms with Crippen molar-refractivity contribution in [2.75, 3.05) is 0 Å². The third kappa shape index (κ3) is 0.654. The first-order chi connectivity index (χ1) is 4.33. The summed E-state index contributed by atoms with van der Waals surface area (Å²) in [5.74, 6) is 2.94. The summed E-state index contributed by atoms with van der Waals surface area (Å²) in [5, 5.41) is 0. The summed E-state index contributed by atoms with van der Waals surface area (Å²) in [4.78, 5) is 0. The molecule has 3 unspecified atom stereocenters. The summed E-state index contributed by atoms with van der Waals surface area (Å²) in [6, 6.07) is 0. The highest BCUT2D eigenvalue weighted by molar-refractivity contribution is 5.40. The Morgan fingerprint density at radius 1 is 1.78 bits per heavy atom. The topological polar surface area (TPSA) is 0 Å². The lowest BCUT2D eigenvalue weighted by molar-refractivity contribution is 0.307. The lowest BCUT2D eigenvalue weighted by Gasteiger charge is -2.29. The molecule has 50 valence electrons. The summed E-state index contributed by atoms with van der Waals surface area (Å²) in [7, 11) is 0. The second-order valence-electron chi connectivity index (χ2n) is 3.50. The standard InChI is InChI=1S/C9H14/c1-3-6(2)8-4-7-5-9(7)8/h5-8H,3-4H2,1-2H3. The molecule has 0 amide bonds. The fourth-order valence-corrected chi connectivity index (χ4v) is 1.88. The van der Waals surface area contributed by atoms with Gasteiger partial charge in [0.2, 0.25) is 0 Å². The van der Waals surface area contributed by atoms with Crippen molar-refractivity contribution in [2.24, 2.45) is 17.8 Å². The minimum absolute atomic E-state index is 0.954. The SMILES string of the molecule is CCC(C)C1CC2C=C21. The molecule has 0 heteroatoms. The van der Waals surface area contributed by atoms with Crippen molar-refractivity contribution < 1.29 is 0 Å². The highest BCUT2D eigenvalue weighted by atomic mass is 14.5. The van der Waals surface area contributed by atoms with Gasteiger partial charge in [0.1, 0.15) is 0 Å². The molecule has 0 spiro atoms. The molecule has 0 N–H and O–H groups in total. The molecular weight excluding hydrogens is 108 g/mol. The zero-order valence-electron chi connectivity index (χ0n) is 6.22. The van der Waals surface area contributed by atoms with Crippen LogP contribution >= 0.6 is 0 Å². The predicted molar refractivity (Wildman–Crippen MR) is 39.1 cm³/mol. The first-order valence-corrected chi connectivity index (χ1v) is 4.04. The summed E-state index contributed by atoms with van der Waals surface area (Å²) in [6.07, 6.45) is 5.27. The van der Waals surface area contributed by atoms with Crippen LogP contribution in [0, 0.1) is 17.8 Å². The van der Waals surface area contributed by atoms with E-state index in [9.17, 15) is 0 Å². The Balaban J connectivity index is 1.91. The first kappa shape index (κ1) is 5.52. The zero-order valence-corrected chi connectivity index (χ0v) is 6.22. The number of hydrogen-bond acceptors (Lipinski definition) is 0. The molecule has 0 heterocycles. The minimum atomic E-state index is 0.954. The number of fused-ring (bicyclic) bond motifs is 1. The van der Waals surface area contributed by atoms with Crippen molar-refractivity contribution in [3.63, 3.8) is 0 Å². The third-order valence-corrected chi connectivity index (χ3v) is 2.98. The number of rotatable bonds is 2. The van der Waals surface area contributed by atoms with E-state index in [1.54, 1.807) is 5.57 Å². The second kappa shape index (κ2) is 1.62. The normalized spacial score (nSPS) is 40.4. The lowest BCUT2D eigenvalue weighted by Crippen LogP contribution is -2.20. The Bertz CT molecular complexity index is 155. The predicted octanol–water partition coefficient (Wildman–Crippen LogP) is 2.61. The van der Waals surface area contributed by atoms with E-state index in [1.807, 2.05) is 0 Å². The maximum absolute atomic E-state index is 2.44. The Morgan fingerprint density at radius 3 is 2.89 bits per heavy atom. The molecule has 9 heavy (non-hydrogen) atoms. The van der Waals surface area contributed by atoms with Gasteiger partial charge in [0, 0.05) is 0 Å². The van der Waals surface area contributed by atoms with Crippen LogP contribution in [0.2, 0.25) is 0 Å². The summed E-state index contributed by atoms with van der Waals surface area (Å²) in [5.41, 5.74) is 1.78. The molecule has 0 radical (unpaired) electrons. The summed E-state index contributed by atoms with van der Waals surface area (Å²) < 4.78 is 0. The van der Waals surface area contributed by atoms with E-state index in [2.05, 4.69) is 19.9 Å². The van der Waals surface area contributed by atoms with E-state index in [0.29, 0.717) is 0 Å². The van der Waals surface area contributed by atoms with Crippen molar-refractivity contribution >= 4 is 0 Å². The van der Waals surface area contributed by atoms with Crippen molar-refractivity contribution in [3.8, 4) is 0 Å². The molecule has 2 aliphatic carbocycles. The molecule has 0 saturated heterocycles. The van der Waals surface area contributed by atoms with E-state index >= 15 is 0 Å². The van der Waals surface area contributed by atoms with Gasteiger partial charge in [-0.05, 0) is 24.2 Å². The molecule has 0 aromatic rings. The molecule has 0 aliphatic heterocycles. The molecule has 2 aliphatic rings. The Kier molecular flexibility index (Phi) is 0.992. The maximum Gasteiger partial charge on any atom is -0.00114 e. The summed E-state index contributed by atoms with van der Waals surface area (Å²) in [6.45, 7) is 4.67. The van der Waals surface area contributed by atoms with Crippen LogP contribution in [-0.2, 0) is 0 Å². The quantitative estimate of drug-likeness (QED) is 0.494. The van der Waals surface area contributed by atoms with Gasteiger partial charge in [-0.15, -0.1) is 0 Å². The van der Waals surface area contributed by atoms with Crippen LogP contribution in [0.25, 0.3) is 0 Å². The molecule has 0 aromatic carbocycles. The molecular formula is C9H14. The van der Waals surface area contributed by atoms with Crippen molar-refractivity contribution in [1.82, 2.24) is 0 Å².